The molecule has 2 fully saturated rings. The highest BCUT2D eigenvalue weighted by Crippen LogP contribution is 2.41. The molecule has 12 nitrogen and oxygen atoms in total. The Morgan fingerprint density at radius 3 is 2.62 bits per heavy atom. The van der Waals surface area contributed by atoms with Gasteiger partial charge in [-0.3, -0.25) is 24.3 Å². The largest absolute Gasteiger partial charge is 0.496 e. The van der Waals surface area contributed by atoms with Crippen molar-refractivity contribution < 1.29 is 19.1 Å². The first-order valence-electron chi connectivity index (χ1n) is 17.6. The van der Waals surface area contributed by atoms with Crippen LogP contribution in [0.1, 0.15) is 53.3 Å². The van der Waals surface area contributed by atoms with Gasteiger partial charge in [0.2, 0.25) is 11.8 Å². The van der Waals surface area contributed by atoms with Gasteiger partial charge in [0.1, 0.15) is 5.75 Å². The number of halogens is 2. The second-order valence-electron chi connectivity index (χ2n) is 13.6. The lowest BCUT2D eigenvalue weighted by atomic mass is 10.0. The molecule has 7 rings (SSSR count). The molecule has 2 aromatic heterocycles. The number of likely N-dealkylation sites (tertiary alicyclic amines) is 1. The molecule has 0 saturated carbocycles. The number of aromatic nitrogens is 3. The SMILES string of the molecule is COc1cc(-c2nccc(-c3cccc(NC(=O)c4nc5c(n4C)CCN(C(=O)[C@@H]4CCCN4C)C5)c3Cl)c2Cl)ccc1CNC[C@H]1CCC(=O)N1. The molecule has 2 aromatic carbocycles. The Hall–Kier alpha value is -4.49. The summed E-state index contributed by atoms with van der Waals surface area (Å²) in [6.45, 7) is 3.15. The molecule has 0 bridgehead atoms. The number of pyridine rings is 1. The van der Waals surface area contributed by atoms with E-state index in [-0.39, 0.29) is 29.7 Å². The highest BCUT2D eigenvalue weighted by atomic mass is 35.5. The van der Waals surface area contributed by atoms with Gasteiger partial charge in [0.25, 0.3) is 5.91 Å². The van der Waals surface area contributed by atoms with Crippen LogP contribution in [0, 0.1) is 0 Å². The molecule has 3 aliphatic heterocycles. The van der Waals surface area contributed by atoms with E-state index in [1.165, 1.54) is 0 Å². The van der Waals surface area contributed by atoms with Crippen LogP contribution in [0.3, 0.4) is 0 Å². The summed E-state index contributed by atoms with van der Waals surface area (Å²) in [5, 5.41) is 10.1. The van der Waals surface area contributed by atoms with Crippen LogP contribution in [0.2, 0.25) is 10.0 Å². The number of fused-ring (bicyclic) bond motifs is 1. The first-order valence-corrected chi connectivity index (χ1v) is 18.3. The normalized spacial score (nSPS) is 18.7. The average molecular weight is 746 g/mol. The first kappa shape index (κ1) is 35.9. The van der Waals surface area contributed by atoms with Gasteiger partial charge in [-0.1, -0.05) is 47.5 Å². The fourth-order valence-corrected chi connectivity index (χ4v) is 8.07. The van der Waals surface area contributed by atoms with Crippen LogP contribution in [0.25, 0.3) is 22.4 Å². The molecule has 4 aromatic rings. The monoisotopic (exact) mass is 744 g/mol. The van der Waals surface area contributed by atoms with Gasteiger partial charge in [0, 0.05) is 79.7 Å². The smallest absolute Gasteiger partial charge is 0.291 e. The third kappa shape index (κ3) is 7.12. The van der Waals surface area contributed by atoms with Crippen molar-refractivity contribution in [1.82, 2.24) is 35.0 Å². The van der Waals surface area contributed by atoms with Gasteiger partial charge in [-0.15, -0.1) is 0 Å². The van der Waals surface area contributed by atoms with Gasteiger partial charge in [0.15, 0.2) is 5.82 Å². The number of methoxy groups -OCH3 is 1. The Morgan fingerprint density at radius 1 is 1.04 bits per heavy atom. The zero-order chi connectivity index (χ0) is 36.5. The maximum atomic E-state index is 13.7. The third-order valence-corrected chi connectivity index (χ3v) is 11.1. The lowest BCUT2D eigenvalue weighted by molar-refractivity contribution is -0.136. The number of carbonyl (C=O) groups is 3. The van der Waals surface area contributed by atoms with Crippen molar-refractivity contribution in [1.29, 1.82) is 0 Å². The van der Waals surface area contributed by atoms with E-state index in [1.807, 2.05) is 53.9 Å². The van der Waals surface area contributed by atoms with Crippen molar-refractivity contribution in [3.63, 3.8) is 0 Å². The summed E-state index contributed by atoms with van der Waals surface area (Å²) in [5.41, 5.74) is 5.68. The van der Waals surface area contributed by atoms with Crippen LogP contribution in [0.5, 0.6) is 5.75 Å². The number of benzene rings is 2. The minimum Gasteiger partial charge on any atom is -0.496 e. The molecule has 2 atom stereocenters. The molecule has 52 heavy (non-hydrogen) atoms. The van der Waals surface area contributed by atoms with Crippen molar-refractivity contribution >= 4 is 46.6 Å². The summed E-state index contributed by atoms with van der Waals surface area (Å²) in [6.07, 6.45) is 5.58. The molecule has 0 radical (unpaired) electrons. The molecular formula is C38H42Cl2N8O4. The molecule has 0 unspecified atom stereocenters. The molecule has 14 heteroatoms. The maximum absolute atomic E-state index is 13.7. The average Bonchev–Trinajstić information content (AvgIpc) is 3.86. The number of imidazole rings is 1. The summed E-state index contributed by atoms with van der Waals surface area (Å²) in [4.78, 5) is 51.7. The summed E-state index contributed by atoms with van der Waals surface area (Å²) < 4.78 is 7.53. The third-order valence-electron chi connectivity index (χ3n) is 10.4. The van der Waals surface area contributed by atoms with E-state index in [4.69, 9.17) is 32.9 Å². The van der Waals surface area contributed by atoms with E-state index in [0.29, 0.717) is 77.3 Å². The Bertz CT molecular complexity index is 2030. The molecule has 0 aliphatic carbocycles. The van der Waals surface area contributed by atoms with Crippen molar-refractivity contribution in [3.8, 4) is 28.1 Å². The minimum absolute atomic E-state index is 0.0932. The van der Waals surface area contributed by atoms with Crippen molar-refractivity contribution in [3.05, 3.63) is 81.5 Å². The molecule has 2 saturated heterocycles. The topological polar surface area (TPSA) is 134 Å². The van der Waals surface area contributed by atoms with E-state index in [2.05, 4.69) is 25.8 Å². The molecule has 3 aliphatic rings. The number of amides is 3. The van der Waals surface area contributed by atoms with Crippen LogP contribution >= 0.6 is 23.2 Å². The van der Waals surface area contributed by atoms with Gasteiger partial charge in [-0.25, -0.2) is 4.98 Å². The lowest BCUT2D eigenvalue weighted by Gasteiger charge is -2.31. The van der Waals surface area contributed by atoms with Crippen molar-refractivity contribution in [2.45, 2.75) is 57.3 Å². The van der Waals surface area contributed by atoms with Crippen LogP contribution in [-0.4, -0.2) is 87.9 Å². The van der Waals surface area contributed by atoms with Crippen LogP contribution in [0.4, 0.5) is 5.69 Å². The van der Waals surface area contributed by atoms with Gasteiger partial charge < -0.3 is 30.2 Å². The number of carbonyl (C=O) groups excluding carboxylic acids is 3. The number of ether oxygens (including phenoxy) is 1. The highest BCUT2D eigenvalue weighted by molar-refractivity contribution is 6.39. The lowest BCUT2D eigenvalue weighted by Crippen LogP contribution is -2.46. The van der Waals surface area contributed by atoms with E-state index >= 15 is 0 Å². The molecular weight excluding hydrogens is 703 g/mol. The summed E-state index contributed by atoms with van der Waals surface area (Å²) in [6, 6.07) is 13.0. The van der Waals surface area contributed by atoms with Gasteiger partial charge in [0.05, 0.1) is 46.8 Å². The minimum atomic E-state index is -0.402. The quantitative estimate of drug-likeness (QED) is 0.205. The molecule has 3 N–H and O–H groups in total. The molecule has 272 valence electrons. The Balaban J connectivity index is 1.07. The number of nitrogens with zero attached hydrogens (tertiary/aromatic N) is 5. The number of hydrogen-bond acceptors (Lipinski definition) is 8. The fraction of sp³-hybridized carbons (Fsp3) is 0.395. The summed E-state index contributed by atoms with van der Waals surface area (Å²) >= 11 is 14.0. The Morgan fingerprint density at radius 2 is 1.87 bits per heavy atom. The van der Waals surface area contributed by atoms with Crippen molar-refractivity contribution in [2.24, 2.45) is 7.05 Å². The van der Waals surface area contributed by atoms with E-state index in [9.17, 15) is 14.4 Å². The number of rotatable bonds is 10. The van der Waals surface area contributed by atoms with Gasteiger partial charge in [-0.2, -0.15) is 0 Å². The van der Waals surface area contributed by atoms with Crippen molar-refractivity contribution in [2.75, 3.05) is 39.1 Å². The van der Waals surface area contributed by atoms with Crippen LogP contribution < -0.4 is 20.7 Å². The number of hydrogen-bond donors (Lipinski definition) is 3. The molecule has 5 heterocycles. The van der Waals surface area contributed by atoms with Gasteiger partial charge in [-0.05, 0) is 51.1 Å². The maximum Gasteiger partial charge on any atom is 0.291 e. The second kappa shape index (κ2) is 15.2. The summed E-state index contributed by atoms with van der Waals surface area (Å²) in [5.74, 6) is 0.751. The highest BCUT2D eigenvalue weighted by Gasteiger charge is 2.35. The standard InChI is InChI=1S/C38H42Cl2N8O4/c1-46-16-5-8-30(46)38(51)48-17-14-29-28(21-48)44-36(47(29)2)37(50)45-27-7-4-6-25(33(27)39)26-13-15-42-35(34(26)40)22-9-10-23(31(18-22)52-3)19-41-20-24-11-12-32(49)43-24/h4,6-7,9-10,13,15,18,24,30,41H,5,8,11-12,14,16-17,19-21H2,1-3H3,(H,43,49)(H,45,50)/t24-,30+/m1/s1. The van der Waals surface area contributed by atoms with Gasteiger partial charge >= 0.3 is 0 Å². The van der Waals surface area contributed by atoms with E-state index in [0.717, 1.165) is 48.3 Å². The second-order valence-corrected chi connectivity index (χ2v) is 14.4. The Kier molecular flexibility index (Phi) is 10.5. The van der Waals surface area contributed by atoms with Crippen LogP contribution in [0.15, 0.2) is 48.7 Å². The van der Waals surface area contributed by atoms with E-state index < -0.39 is 5.91 Å². The fourth-order valence-electron chi connectivity index (χ4n) is 7.47. The zero-order valence-corrected chi connectivity index (χ0v) is 31.0. The zero-order valence-electron chi connectivity index (χ0n) is 29.5. The molecule has 0 spiro atoms. The number of likely N-dealkylation sites (N-methyl/N-ethyl adjacent to an activating group) is 1. The predicted molar refractivity (Wildman–Crippen MR) is 200 cm³/mol. The summed E-state index contributed by atoms with van der Waals surface area (Å²) in [7, 11) is 5.44. The van der Waals surface area contributed by atoms with E-state index in [1.54, 1.807) is 25.4 Å². The number of anilines is 1. The predicted octanol–water partition coefficient (Wildman–Crippen LogP) is 5.06. The first-order chi connectivity index (χ1) is 25.1. The number of nitrogens with one attached hydrogen (secondary N) is 3. The molecule has 3 amide bonds. The van der Waals surface area contributed by atoms with Crippen LogP contribution in [-0.2, 0) is 36.1 Å². The Labute approximate surface area is 312 Å².